The maximum atomic E-state index is 5.02. The molecule has 0 unspecified atom stereocenters. The van der Waals surface area contributed by atoms with Gasteiger partial charge in [-0.15, -0.1) is 12.6 Å². The van der Waals surface area contributed by atoms with E-state index in [-0.39, 0.29) is 0 Å². The number of aromatic nitrogens is 2. The van der Waals surface area contributed by atoms with Crippen molar-refractivity contribution in [2.24, 2.45) is 0 Å². The van der Waals surface area contributed by atoms with Crippen molar-refractivity contribution >= 4 is 12.6 Å². The van der Waals surface area contributed by atoms with Crippen LogP contribution in [0.4, 0.5) is 0 Å². The fraction of sp³-hybridized carbons (Fsp3) is 0.200. The molecular weight excluding hydrogens is 196 g/mol. The zero-order valence-corrected chi connectivity index (χ0v) is 8.66. The molecule has 4 heteroatoms. The predicted molar refractivity (Wildman–Crippen MR) is 56.4 cm³/mol. The highest BCUT2D eigenvalue weighted by Gasteiger charge is 2.05. The Morgan fingerprint density at radius 3 is 2.57 bits per heavy atom. The van der Waals surface area contributed by atoms with Gasteiger partial charge in [-0.3, -0.25) is 0 Å². The first-order valence-corrected chi connectivity index (χ1v) is 4.86. The summed E-state index contributed by atoms with van der Waals surface area (Å²) in [5.41, 5.74) is 0.950. The normalized spacial score (nSPS) is 10.4. The van der Waals surface area contributed by atoms with Crippen molar-refractivity contribution in [3.8, 4) is 11.4 Å². The minimum Gasteiger partial charge on any atom is -0.339 e. The Morgan fingerprint density at radius 2 is 2.00 bits per heavy atom. The van der Waals surface area contributed by atoms with Crippen LogP contribution in [0.5, 0.6) is 0 Å². The molecule has 0 saturated heterocycles. The van der Waals surface area contributed by atoms with Gasteiger partial charge in [0, 0.05) is 16.9 Å². The lowest BCUT2D eigenvalue weighted by Gasteiger charge is -1.93. The Morgan fingerprint density at radius 1 is 1.29 bits per heavy atom. The molecule has 1 heterocycles. The van der Waals surface area contributed by atoms with Crippen LogP contribution in [0, 0.1) is 0 Å². The largest absolute Gasteiger partial charge is 0.339 e. The molecule has 3 nitrogen and oxygen atoms in total. The van der Waals surface area contributed by atoms with Crippen LogP contribution in [-0.2, 0) is 6.42 Å². The predicted octanol–water partition coefficient (Wildman–Crippen LogP) is 2.59. The van der Waals surface area contributed by atoms with Gasteiger partial charge in [-0.05, 0) is 24.3 Å². The van der Waals surface area contributed by atoms with Crippen LogP contribution in [0.3, 0.4) is 0 Å². The van der Waals surface area contributed by atoms with Gasteiger partial charge in [0.05, 0.1) is 0 Å². The topological polar surface area (TPSA) is 38.9 Å². The SMILES string of the molecule is CCc1nc(-c2ccc(S)cc2)no1. The maximum Gasteiger partial charge on any atom is 0.226 e. The Balaban J connectivity index is 2.34. The molecule has 0 radical (unpaired) electrons. The second-order valence-electron chi connectivity index (χ2n) is 2.91. The van der Waals surface area contributed by atoms with Crippen LogP contribution < -0.4 is 0 Å². The van der Waals surface area contributed by atoms with Crippen molar-refractivity contribution in [2.45, 2.75) is 18.2 Å². The van der Waals surface area contributed by atoms with Crippen LogP contribution in [0.25, 0.3) is 11.4 Å². The van der Waals surface area contributed by atoms with Gasteiger partial charge in [0.25, 0.3) is 0 Å². The van der Waals surface area contributed by atoms with E-state index in [1.54, 1.807) is 0 Å². The third-order valence-corrected chi connectivity index (χ3v) is 2.19. The molecule has 0 aliphatic rings. The van der Waals surface area contributed by atoms with E-state index in [9.17, 15) is 0 Å². The molecule has 0 amide bonds. The summed E-state index contributed by atoms with van der Waals surface area (Å²) in [6, 6.07) is 7.65. The van der Waals surface area contributed by atoms with E-state index in [4.69, 9.17) is 4.52 Å². The average molecular weight is 206 g/mol. The van der Waals surface area contributed by atoms with Gasteiger partial charge in [-0.2, -0.15) is 4.98 Å². The number of thiol groups is 1. The number of rotatable bonds is 2. The molecule has 0 fully saturated rings. The molecule has 1 aromatic heterocycles. The molecule has 0 atom stereocenters. The fourth-order valence-corrected chi connectivity index (χ4v) is 1.28. The zero-order chi connectivity index (χ0) is 9.97. The quantitative estimate of drug-likeness (QED) is 0.767. The van der Waals surface area contributed by atoms with E-state index < -0.39 is 0 Å². The van der Waals surface area contributed by atoms with E-state index in [2.05, 4.69) is 22.8 Å². The highest BCUT2D eigenvalue weighted by atomic mass is 32.1. The van der Waals surface area contributed by atoms with Gasteiger partial charge in [0.1, 0.15) is 0 Å². The zero-order valence-electron chi connectivity index (χ0n) is 7.77. The molecule has 1 aromatic carbocycles. The Kier molecular flexibility index (Phi) is 2.54. The van der Waals surface area contributed by atoms with E-state index in [0.717, 1.165) is 16.9 Å². The van der Waals surface area contributed by atoms with Gasteiger partial charge < -0.3 is 4.52 Å². The van der Waals surface area contributed by atoms with Crippen LogP contribution >= 0.6 is 12.6 Å². The Labute approximate surface area is 87.6 Å². The first-order valence-electron chi connectivity index (χ1n) is 4.41. The molecule has 0 bridgehead atoms. The maximum absolute atomic E-state index is 5.02. The van der Waals surface area contributed by atoms with Crippen LogP contribution in [0.2, 0.25) is 0 Å². The number of benzene rings is 1. The molecule has 14 heavy (non-hydrogen) atoms. The lowest BCUT2D eigenvalue weighted by molar-refractivity contribution is 0.383. The van der Waals surface area contributed by atoms with E-state index in [1.807, 2.05) is 31.2 Å². The lowest BCUT2D eigenvalue weighted by Crippen LogP contribution is -1.81. The summed E-state index contributed by atoms with van der Waals surface area (Å²) < 4.78 is 5.02. The van der Waals surface area contributed by atoms with Crippen molar-refractivity contribution < 1.29 is 4.52 Å². The molecular formula is C10H10N2OS. The molecule has 2 rings (SSSR count). The molecule has 0 aliphatic carbocycles. The van der Waals surface area contributed by atoms with E-state index in [0.29, 0.717) is 11.7 Å². The Hall–Kier alpha value is -1.29. The van der Waals surface area contributed by atoms with E-state index in [1.165, 1.54) is 0 Å². The van der Waals surface area contributed by atoms with Crippen LogP contribution in [0.15, 0.2) is 33.7 Å². The highest BCUT2D eigenvalue weighted by molar-refractivity contribution is 7.80. The van der Waals surface area contributed by atoms with Crippen LogP contribution in [0.1, 0.15) is 12.8 Å². The highest BCUT2D eigenvalue weighted by Crippen LogP contribution is 2.17. The van der Waals surface area contributed by atoms with Crippen molar-refractivity contribution in [3.63, 3.8) is 0 Å². The number of nitrogens with zero attached hydrogens (tertiary/aromatic N) is 2. The first-order chi connectivity index (χ1) is 6.79. The summed E-state index contributed by atoms with van der Waals surface area (Å²) in [5, 5.41) is 3.88. The summed E-state index contributed by atoms with van der Waals surface area (Å²) in [5.74, 6) is 1.30. The van der Waals surface area contributed by atoms with Gasteiger partial charge in [-0.1, -0.05) is 12.1 Å². The number of aryl methyl sites for hydroxylation is 1. The summed E-state index contributed by atoms with van der Waals surface area (Å²) >= 11 is 4.20. The molecule has 0 N–H and O–H groups in total. The number of hydrogen-bond donors (Lipinski definition) is 1. The fourth-order valence-electron chi connectivity index (χ4n) is 1.13. The monoisotopic (exact) mass is 206 g/mol. The minimum atomic E-state index is 0.634. The van der Waals surface area contributed by atoms with Gasteiger partial charge in [-0.25, -0.2) is 0 Å². The molecule has 0 spiro atoms. The van der Waals surface area contributed by atoms with Crippen molar-refractivity contribution in [1.82, 2.24) is 10.1 Å². The van der Waals surface area contributed by atoms with Crippen LogP contribution in [-0.4, -0.2) is 10.1 Å². The molecule has 72 valence electrons. The van der Waals surface area contributed by atoms with Crippen molar-refractivity contribution in [1.29, 1.82) is 0 Å². The Bertz CT molecular complexity index is 422. The summed E-state index contributed by atoms with van der Waals surface area (Å²) in [7, 11) is 0. The van der Waals surface area contributed by atoms with Gasteiger partial charge >= 0.3 is 0 Å². The van der Waals surface area contributed by atoms with Crippen molar-refractivity contribution in [2.75, 3.05) is 0 Å². The summed E-state index contributed by atoms with van der Waals surface area (Å²) in [6.07, 6.45) is 0.762. The second-order valence-corrected chi connectivity index (χ2v) is 3.43. The van der Waals surface area contributed by atoms with Gasteiger partial charge in [0.2, 0.25) is 11.7 Å². The molecule has 2 aromatic rings. The minimum absolute atomic E-state index is 0.634. The molecule has 0 aliphatic heterocycles. The summed E-state index contributed by atoms with van der Waals surface area (Å²) in [4.78, 5) is 5.15. The average Bonchev–Trinajstić information content (AvgIpc) is 2.67. The third kappa shape index (κ3) is 1.80. The first kappa shape index (κ1) is 9.27. The van der Waals surface area contributed by atoms with Crippen molar-refractivity contribution in [3.05, 3.63) is 30.2 Å². The lowest BCUT2D eigenvalue weighted by atomic mass is 10.2. The molecule has 0 saturated carbocycles. The third-order valence-electron chi connectivity index (χ3n) is 1.90. The standard InChI is InChI=1S/C10H10N2OS/c1-2-9-11-10(12-13-9)7-3-5-8(14)6-4-7/h3-6,14H,2H2,1H3. The smallest absolute Gasteiger partial charge is 0.226 e. The van der Waals surface area contributed by atoms with E-state index >= 15 is 0 Å². The number of hydrogen-bond acceptors (Lipinski definition) is 4. The summed E-state index contributed by atoms with van der Waals surface area (Å²) in [6.45, 7) is 1.98. The second kappa shape index (κ2) is 3.84. The van der Waals surface area contributed by atoms with Gasteiger partial charge in [0.15, 0.2) is 0 Å².